The number of thiophene rings is 1. The van der Waals surface area contributed by atoms with E-state index in [9.17, 15) is 0 Å². The Labute approximate surface area is 96.9 Å². The summed E-state index contributed by atoms with van der Waals surface area (Å²) in [6, 6.07) is 2.91. The van der Waals surface area contributed by atoms with Crippen molar-refractivity contribution in [2.45, 2.75) is 39.2 Å². The van der Waals surface area contributed by atoms with Gasteiger partial charge in [0.25, 0.3) is 0 Å². The summed E-state index contributed by atoms with van der Waals surface area (Å²) >= 11 is 1.82. The van der Waals surface area contributed by atoms with Gasteiger partial charge in [-0.1, -0.05) is 13.8 Å². The fraction of sp³-hybridized carbons (Fsp3) is 0.692. The van der Waals surface area contributed by atoms with Gasteiger partial charge in [0.15, 0.2) is 0 Å². The van der Waals surface area contributed by atoms with Gasteiger partial charge in [-0.15, -0.1) is 0 Å². The lowest BCUT2D eigenvalue weighted by Crippen LogP contribution is -2.38. The third-order valence-electron chi connectivity index (χ3n) is 3.44. The molecular weight excluding hydrogens is 202 g/mol. The lowest BCUT2D eigenvalue weighted by atomic mass is 9.71. The smallest absolute Gasteiger partial charge is 0.00104 e. The zero-order valence-corrected chi connectivity index (χ0v) is 10.5. The number of rotatable bonds is 5. The second-order valence-corrected chi connectivity index (χ2v) is 5.78. The van der Waals surface area contributed by atoms with Crippen LogP contribution in [-0.4, -0.2) is 12.6 Å². The van der Waals surface area contributed by atoms with E-state index in [-0.39, 0.29) is 0 Å². The van der Waals surface area contributed by atoms with Crippen molar-refractivity contribution in [1.29, 1.82) is 0 Å². The Kier molecular flexibility index (Phi) is 3.81. The predicted octanol–water partition coefficient (Wildman–Crippen LogP) is 3.31. The number of hydrogen-bond acceptors (Lipinski definition) is 2. The standard InChI is InChI=1S/C13H21NS/c1-10(2)14-8-13-4-3-12(13)7-11-5-6-15-9-11/h5-6,9-10,12-14H,3-4,7-8H2,1-2H3. The van der Waals surface area contributed by atoms with Gasteiger partial charge in [0.1, 0.15) is 0 Å². The molecule has 0 spiro atoms. The quantitative estimate of drug-likeness (QED) is 0.807. The van der Waals surface area contributed by atoms with E-state index in [1.807, 2.05) is 11.3 Å². The minimum atomic E-state index is 0.632. The van der Waals surface area contributed by atoms with E-state index in [4.69, 9.17) is 0 Å². The highest BCUT2D eigenvalue weighted by atomic mass is 32.1. The Hall–Kier alpha value is -0.340. The van der Waals surface area contributed by atoms with Gasteiger partial charge in [0, 0.05) is 6.04 Å². The fourth-order valence-electron chi connectivity index (χ4n) is 2.27. The molecule has 0 amide bonds. The molecule has 1 saturated carbocycles. The summed E-state index contributed by atoms with van der Waals surface area (Å²) in [5, 5.41) is 8.05. The fourth-order valence-corrected chi connectivity index (χ4v) is 2.96. The minimum Gasteiger partial charge on any atom is -0.314 e. The highest BCUT2D eigenvalue weighted by Gasteiger charge is 2.30. The van der Waals surface area contributed by atoms with E-state index in [1.54, 1.807) is 5.56 Å². The van der Waals surface area contributed by atoms with Crippen LogP contribution >= 0.6 is 11.3 Å². The summed E-state index contributed by atoms with van der Waals surface area (Å²) in [6.07, 6.45) is 4.16. The third kappa shape index (κ3) is 3.05. The van der Waals surface area contributed by atoms with Crippen molar-refractivity contribution in [2.75, 3.05) is 6.54 Å². The van der Waals surface area contributed by atoms with Crippen molar-refractivity contribution < 1.29 is 0 Å². The van der Waals surface area contributed by atoms with Crippen molar-refractivity contribution >= 4 is 11.3 Å². The summed E-state index contributed by atoms with van der Waals surface area (Å²) in [5.74, 6) is 1.86. The van der Waals surface area contributed by atoms with Crippen LogP contribution < -0.4 is 5.32 Å². The maximum atomic E-state index is 3.56. The van der Waals surface area contributed by atoms with Crippen LogP contribution in [0.2, 0.25) is 0 Å². The Morgan fingerprint density at radius 2 is 2.20 bits per heavy atom. The Morgan fingerprint density at radius 3 is 2.73 bits per heavy atom. The maximum Gasteiger partial charge on any atom is 0.00104 e. The molecule has 0 saturated heterocycles. The molecule has 1 aromatic heterocycles. The topological polar surface area (TPSA) is 12.0 Å². The molecule has 2 unspecified atom stereocenters. The van der Waals surface area contributed by atoms with Crippen molar-refractivity contribution in [2.24, 2.45) is 11.8 Å². The molecule has 2 rings (SSSR count). The Bertz CT molecular complexity index is 279. The normalized spacial score (nSPS) is 25.5. The van der Waals surface area contributed by atoms with Crippen LogP contribution in [0.4, 0.5) is 0 Å². The van der Waals surface area contributed by atoms with Gasteiger partial charge in [-0.2, -0.15) is 11.3 Å². The first-order valence-electron chi connectivity index (χ1n) is 6.00. The van der Waals surface area contributed by atoms with Gasteiger partial charge >= 0.3 is 0 Å². The first-order valence-corrected chi connectivity index (χ1v) is 6.94. The predicted molar refractivity (Wildman–Crippen MR) is 67.4 cm³/mol. The molecular formula is C13H21NS. The number of nitrogens with one attached hydrogen (secondary N) is 1. The van der Waals surface area contributed by atoms with Crippen molar-refractivity contribution in [3.8, 4) is 0 Å². The molecule has 1 aliphatic rings. The van der Waals surface area contributed by atoms with Crippen molar-refractivity contribution in [3.63, 3.8) is 0 Å². The molecule has 2 heteroatoms. The molecule has 1 aliphatic carbocycles. The van der Waals surface area contributed by atoms with Crippen molar-refractivity contribution in [1.82, 2.24) is 5.32 Å². The molecule has 15 heavy (non-hydrogen) atoms. The zero-order chi connectivity index (χ0) is 10.7. The highest BCUT2D eigenvalue weighted by molar-refractivity contribution is 7.07. The summed E-state index contributed by atoms with van der Waals surface area (Å²) in [7, 11) is 0. The first kappa shape index (κ1) is 11.2. The molecule has 1 fully saturated rings. The van der Waals surface area contributed by atoms with Crippen LogP contribution in [0.1, 0.15) is 32.3 Å². The molecule has 1 aromatic rings. The maximum absolute atomic E-state index is 3.56. The molecule has 0 bridgehead atoms. The van der Waals surface area contributed by atoms with Crippen LogP contribution in [0.25, 0.3) is 0 Å². The van der Waals surface area contributed by atoms with E-state index in [2.05, 4.69) is 36.0 Å². The number of hydrogen-bond donors (Lipinski definition) is 1. The average Bonchev–Trinajstić information content (AvgIpc) is 2.64. The second-order valence-electron chi connectivity index (χ2n) is 5.00. The van der Waals surface area contributed by atoms with Crippen LogP contribution in [0.3, 0.4) is 0 Å². The Balaban J connectivity index is 1.74. The summed E-state index contributed by atoms with van der Waals surface area (Å²) in [5.41, 5.74) is 1.54. The van der Waals surface area contributed by atoms with E-state index >= 15 is 0 Å². The van der Waals surface area contributed by atoms with Crippen LogP contribution in [-0.2, 0) is 6.42 Å². The largest absolute Gasteiger partial charge is 0.314 e. The van der Waals surface area contributed by atoms with Gasteiger partial charge in [0.2, 0.25) is 0 Å². The minimum absolute atomic E-state index is 0.632. The molecule has 0 radical (unpaired) electrons. The Morgan fingerprint density at radius 1 is 1.40 bits per heavy atom. The van der Waals surface area contributed by atoms with Gasteiger partial charge in [-0.05, 0) is 60.0 Å². The molecule has 1 nitrogen and oxygen atoms in total. The van der Waals surface area contributed by atoms with Gasteiger partial charge in [-0.25, -0.2) is 0 Å². The van der Waals surface area contributed by atoms with Gasteiger partial charge in [-0.3, -0.25) is 0 Å². The monoisotopic (exact) mass is 223 g/mol. The molecule has 84 valence electrons. The van der Waals surface area contributed by atoms with Gasteiger partial charge in [0.05, 0.1) is 0 Å². The van der Waals surface area contributed by atoms with E-state index in [0.29, 0.717) is 6.04 Å². The van der Waals surface area contributed by atoms with E-state index in [1.165, 1.54) is 25.8 Å². The summed E-state index contributed by atoms with van der Waals surface area (Å²) in [4.78, 5) is 0. The van der Waals surface area contributed by atoms with Crippen molar-refractivity contribution in [3.05, 3.63) is 22.4 Å². The van der Waals surface area contributed by atoms with Crippen LogP contribution in [0.5, 0.6) is 0 Å². The molecule has 2 atom stereocenters. The molecule has 0 aromatic carbocycles. The van der Waals surface area contributed by atoms with E-state index < -0.39 is 0 Å². The third-order valence-corrected chi connectivity index (χ3v) is 4.17. The zero-order valence-electron chi connectivity index (χ0n) is 9.70. The lowest BCUT2D eigenvalue weighted by molar-refractivity contribution is 0.168. The van der Waals surface area contributed by atoms with Crippen LogP contribution in [0.15, 0.2) is 16.8 Å². The second kappa shape index (κ2) is 5.13. The summed E-state index contributed by atoms with van der Waals surface area (Å²) < 4.78 is 0. The summed E-state index contributed by atoms with van der Waals surface area (Å²) in [6.45, 7) is 5.67. The molecule has 1 N–H and O–H groups in total. The van der Waals surface area contributed by atoms with Crippen LogP contribution in [0, 0.1) is 11.8 Å². The van der Waals surface area contributed by atoms with E-state index in [0.717, 1.165) is 11.8 Å². The molecule has 1 heterocycles. The lowest BCUT2D eigenvalue weighted by Gasteiger charge is -2.37. The first-order chi connectivity index (χ1) is 7.25. The molecule has 0 aliphatic heterocycles. The van der Waals surface area contributed by atoms with Gasteiger partial charge < -0.3 is 5.32 Å². The average molecular weight is 223 g/mol. The SMILES string of the molecule is CC(C)NCC1CCC1Cc1ccsc1. The highest BCUT2D eigenvalue weighted by Crippen LogP contribution is 2.36.